The molecule has 3 aromatic rings. The summed E-state index contributed by atoms with van der Waals surface area (Å²) in [5.41, 5.74) is 2.36. The highest BCUT2D eigenvalue weighted by Gasteiger charge is 2.20. The van der Waals surface area contributed by atoms with Crippen molar-refractivity contribution in [2.24, 2.45) is 5.92 Å². The number of hydrogen-bond acceptors (Lipinski definition) is 8. The number of anilines is 2. The number of aromatic hydroxyl groups is 2. The molecule has 2 aromatic heterocycles. The number of halogens is 1. The Hall–Kier alpha value is -2.78. The Labute approximate surface area is 179 Å². The number of aromatic amines is 1. The topological polar surface area (TPSA) is 139 Å². The first kappa shape index (κ1) is 21.9. The molecule has 0 bridgehead atoms. The van der Waals surface area contributed by atoms with E-state index in [0.29, 0.717) is 28.4 Å². The molecule has 0 radical (unpaired) electrons. The van der Waals surface area contributed by atoms with Gasteiger partial charge >= 0.3 is 0 Å². The molecule has 0 amide bonds. The Morgan fingerprint density at radius 2 is 1.77 bits per heavy atom. The number of fused-ring (bicyclic) bond motifs is 1. The van der Waals surface area contributed by atoms with Crippen LogP contribution >= 0.6 is 11.6 Å². The average Bonchev–Trinajstić information content (AvgIpc) is 3.09. The number of phenolic OH excluding ortho intramolecular Hbond substituents is 2. The van der Waals surface area contributed by atoms with E-state index in [1.807, 2.05) is 27.7 Å². The molecule has 1 aromatic carbocycles. The van der Waals surface area contributed by atoms with Crippen molar-refractivity contribution >= 4 is 34.4 Å². The van der Waals surface area contributed by atoms with Crippen molar-refractivity contribution in [3.63, 3.8) is 0 Å². The number of H-pyrrole nitrogens is 1. The monoisotopic (exact) mass is 434 g/mol. The van der Waals surface area contributed by atoms with Gasteiger partial charge in [-0.1, -0.05) is 39.3 Å². The first-order valence-corrected chi connectivity index (χ1v) is 10.2. The van der Waals surface area contributed by atoms with Gasteiger partial charge in [-0.15, -0.1) is 0 Å². The SMILES string of the molecule is CC(C)c1n[nH]c2c(NCc3c(O)cc(Cl)cc3O)nc(NC(CO)C(C)C)nc12. The Morgan fingerprint density at radius 3 is 2.33 bits per heavy atom. The van der Waals surface area contributed by atoms with Crippen LogP contribution in [0.4, 0.5) is 11.8 Å². The van der Waals surface area contributed by atoms with Crippen molar-refractivity contribution in [1.82, 2.24) is 20.2 Å². The number of aliphatic hydroxyl groups excluding tert-OH is 1. The van der Waals surface area contributed by atoms with Crippen molar-refractivity contribution in [2.75, 3.05) is 17.2 Å². The van der Waals surface area contributed by atoms with Crippen LogP contribution in [-0.4, -0.2) is 48.1 Å². The Morgan fingerprint density at radius 1 is 1.10 bits per heavy atom. The van der Waals surface area contributed by atoms with E-state index in [9.17, 15) is 15.3 Å². The molecule has 0 aliphatic carbocycles. The van der Waals surface area contributed by atoms with Crippen molar-refractivity contribution in [2.45, 2.75) is 46.2 Å². The number of rotatable bonds is 8. The van der Waals surface area contributed by atoms with Gasteiger partial charge in [-0.2, -0.15) is 10.1 Å². The van der Waals surface area contributed by atoms with Crippen LogP contribution < -0.4 is 10.6 Å². The lowest BCUT2D eigenvalue weighted by molar-refractivity contribution is 0.248. The highest BCUT2D eigenvalue weighted by molar-refractivity contribution is 6.30. The number of aliphatic hydroxyl groups is 1. The van der Waals surface area contributed by atoms with Gasteiger partial charge < -0.3 is 26.0 Å². The van der Waals surface area contributed by atoms with Crippen LogP contribution in [0.25, 0.3) is 11.0 Å². The van der Waals surface area contributed by atoms with E-state index in [2.05, 4.69) is 30.8 Å². The summed E-state index contributed by atoms with van der Waals surface area (Å²) in [6.45, 7) is 8.07. The third-order valence-corrected chi connectivity index (χ3v) is 5.12. The summed E-state index contributed by atoms with van der Waals surface area (Å²) < 4.78 is 0. The maximum atomic E-state index is 10.1. The molecule has 162 valence electrons. The van der Waals surface area contributed by atoms with Crippen LogP contribution in [0.5, 0.6) is 11.5 Å². The van der Waals surface area contributed by atoms with Crippen LogP contribution in [0, 0.1) is 5.92 Å². The van der Waals surface area contributed by atoms with Crippen LogP contribution in [0.2, 0.25) is 5.02 Å². The van der Waals surface area contributed by atoms with Gasteiger partial charge in [0.05, 0.1) is 23.9 Å². The minimum atomic E-state index is -0.214. The third kappa shape index (κ3) is 4.52. The molecule has 0 spiro atoms. The molecule has 9 nitrogen and oxygen atoms in total. The van der Waals surface area contributed by atoms with Crippen molar-refractivity contribution in [3.8, 4) is 11.5 Å². The minimum absolute atomic E-state index is 0.0588. The summed E-state index contributed by atoms with van der Waals surface area (Å²) in [4.78, 5) is 9.14. The first-order chi connectivity index (χ1) is 14.2. The largest absolute Gasteiger partial charge is 0.507 e. The molecule has 1 atom stereocenters. The van der Waals surface area contributed by atoms with E-state index in [1.165, 1.54) is 12.1 Å². The molecule has 1 unspecified atom stereocenters. The second kappa shape index (κ2) is 8.93. The van der Waals surface area contributed by atoms with Crippen LogP contribution in [0.1, 0.15) is 44.9 Å². The van der Waals surface area contributed by atoms with Gasteiger partial charge in [-0.05, 0) is 24.0 Å². The number of nitrogens with one attached hydrogen (secondary N) is 3. The van der Waals surface area contributed by atoms with Crippen molar-refractivity contribution in [3.05, 3.63) is 28.4 Å². The molecule has 10 heteroatoms. The van der Waals surface area contributed by atoms with Gasteiger partial charge in [-0.3, -0.25) is 5.10 Å². The summed E-state index contributed by atoms with van der Waals surface area (Å²) in [7, 11) is 0. The van der Waals surface area contributed by atoms with Gasteiger partial charge in [0.1, 0.15) is 22.5 Å². The van der Waals surface area contributed by atoms with E-state index in [0.717, 1.165) is 5.69 Å². The lowest BCUT2D eigenvalue weighted by Crippen LogP contribution is -2.30. The molecule has 0 fully saturated rings. The lowest BCUT2D eigenvalue weighted by atomic mass is 10.1. The molecule has 6 N–H and O–H groups in total. The van der Waals surface area contributed by atoms with E-state index < -0.39 is 0 Å². The number of phenols is 2. The molecule has 0 saturated heterocycles. The maximum absolute atomic E-state index is 10.1. The fraction of sp³-hybridized carbons (Fsp3) is 0.450. The van der Waals surface area contributed by atoms with Gasteiger partial charge in [0.2, 0.25) is 5.95 Å². The standard InChI is InChI=1S/C20H27ClN6O3/c1-9(2)13(8-28)23-20-24-17-16(10(3)4)26-27-18(17)19(25-20)22-7-12-14(29)5-11(21)6-15(12)30/h5-6,9-10,13,28-30H,7-8H2,1-4H3,(H,26,27)(H2,22,23,24,25). The van der Waals surface area contributed by atoms with E-state index in [-0.39, 0.29) is 47.6 Å². The normalized spacial score (nSPS) is 12.7. The minimum Gasteiger partial charge on any atom is -0.507 e. The maximum Gasteiger partial charge on any atom is 0.225 e. The van der Waals surface area contributed by atoms with E-state index in [1.54, 1.807) is 0 Å². The first-order valence-electron chi connectivity index (χ1n) is 9.78. The van der Waals surface area contributed by atoms with Gasteiger partial charge in [0.15, 0.2) is 5.82 Å². The molecule has 2 heterocycles. The third-order valence-electron chi connectivity index (χ3n) is 4.90. The summed E-state index contributed by atoms with van der Waals surface area (Å²) in [5, 5.41) is 43.8. The number of benzene rings is 1. The number of hydrogen-bond donors (Lipinski definition) is 6. The summed E-state index contributed by atoms with van der Waals surface area (Å²) in [6, 6.07) is 2.51. The Balaban J connectivity index is 2.00. The van der Waals surface area contributed by atoms with Gasteiger partial charge in [0.25, 0.3) is 0 Å². The molecule has 30 heavy (non-hydrogen) atoms. The zero-order valence-electron chi connectivity index (χ0n) is 17.4. The van der Waals surface area contributed by atoms with E-state index >= 15 is 0 Å². The smallest absolute Gasteiger partial charge is 0.225 e. The highest BCUT2D eigenvalue weighted by Crippen LogP contribution is 2.33. The van der Waals surface area contributed by atoms with Crippen molar-refractivity contribution in [1.29, 1.82) is 0 Å². The Bertz CT molecular complexity index is 1010. The second-order valence-electron chi connectivity index (χ2n) is 7.84. The molecular weight excluding hydrogens is 408 g/mol. The van der Waals surface area contributed by atoms with Crippen molar-refractivity contribution < 1.29 is 15.3 Å². The molecule has 0 aliphatic heterocycles. The zero-order chi connectivity index (χ0) is 22.0. The van der Waals surface area contributed by atoms with Gasteiger partial charge in [0, 0.05) is 11.6 Å². The summed E-state index contributed by atoms with van der Waals surface area (Å²) >= 11 is 5.86. The average molecular weight is 435 g/mol. The zero-order valence-corrected chi connectivity index (χ0v) is 18.1. The quantitative estimate of drug-likeness (QED) is 0.316. The predicted octanol–water partition coefficient (Wildman–Crippen LogP) is 3.58. The van der Waals surface area contributed by atoms with Crippen LogP contribution in [0.3, 0.4) is 0 Å². The Kier molecular flexibility index (Phi) is 6.52. The number of aromatic nitrogens is 4. The summed E-state index contributed by atoms with van der Waals surface area (Å²) in [6.07, 6.45) is 0. The van der Waals surface area contributed by atoms with E-state index in [4.69, 9.17) is 11.6 Å². The van der Waals surface area contributed by atoms with Crippen LogP contribution in [0.15, 0.2) is 12.1 Å². The predicted molar refractivity (Wildman–Crippen MR) is 117 cm³/mol. The number of nitrogens with zero attached hydrogens (tertiary/aromatic N) is 3. The summed E-state index contributed by atoms with van der Waals surface area (Å²) in [5.74, 6) is 0.870. The highest BCUT2D eigenvalue weighted by atomic mass is 35.5. The van der Waals surface area contributed by atoms with Gasteiger partial charge in [-0.25, -0.2) is 4.98 Å². The fourth-order valence-electron chi connectivity index (χ4n) is 3.07. The molecule has 0 aliphatic rings. The fourth-order valence-corrected chi connectivity index (χ4v) is 3.27. The van der Waals surface area contributed by atoms with Crippen LogP contribution in [-0.2, 0) is 6.54 Å². The lowest BCUT2D eigenvalue weighted by Gasteiger charge is -2.20. The molecule has 3 rings (SSSR count). The molecular formula is C20H27ClN6O3. The second-order valence-corrected chi connectivity index (χ2v) is 8.27. The molecule has 0 saturated carbocycles.